The molecule has 1 fully saturated rings. The predicted molar refractivity (Wildman–Crippen MR) is 105 cm³/mol. The summed E-state index contributed by atoms with van der Waals surface area (Å²) in [5.74, 6) is -0.274. The maximum Gasteiger partial charge on any atom is 0.281 e. The molecule has 8 heteroatoms. The van der Waals surface area contributed by atoms with Crippen LogP contribution in [0.3, 0.4) is 0 Å². The lowest BCUT2D eigenvalue weighted by Crippen LogP contribution is -2.45. The minimum Gasteiger partial charge on any atom is -0.355 e. The van der Waals surface area contributed by atoms with Crippen molar-refractivity contribution >= 4 is 21.6 Å². The highest BCUT2D eigenvalue weighted by Gasteiger charge is 2.31. The first-order chi connectivity index (χ1) is 12.8. The van der Waals surface area contributed by atoms with Crippen molar-refractivity contribution in [2.24, 2.45) is 0 Å². The molecule has 0 aliphatic carbocycles. The summed E-state index contributed by atoms with van der Waals surface area (Å²) in [7, 11) is -0.340. The summed E-state index contributed by atoms with van der Waals surface area (Å²) < 4.78 is 41.1. The van der Waals surface area contributed by atoms with Gasteiger partial charge in [-0.2, -0.15) is 17.0 Å². The third-order valence-corrected chi connectivity index (χ3v) is 6.58. The largest absolute Gasteiger partial charge is 0.355 e. The van der Waals surface area contributed by atoms with E-state index in [9.17, 15) is 12.8 Å². The van der Waals surface area contributed by atoms with E-state index in [-0.39, 0.29) is 11.7 Å². The Morgan fingerprint density at radius 3 is 2.70 bits per heavy atom. The molecule has 3 rings (SSSR count). The number of pyridine rings is 1. The van der Waals surface area contributed by atoms with Crippen LogP contribution < -0.4 is 5.32 Å². The fourth-order valence-corrected chi connectivity index (χ4v) is 4.52. The summed E-state index contributed by atoms with van der Waals surface area (Å²) >= 11 is 0. The smallest absolute Gasteiger partial charge is 0.281 e. The van der Waals surface area contributed by atoms with Gasteiger partial charge in [-0.15, -0.1) is 0 Å². The average Bonchev–Trinajstić information content (AvgIpc) is 2.61. The monoisotopic (exact) mass is 392 g/mol. The second kappa shape index (κ2) is 7.92. The van der Waals surface area contributed by atoms with Crippen LogP contribution in [0.1, 0.15) is 30.1 Å². The van der Waals surface area contributed by atoms with Crippen LogP contribution in [0.25, 0.3) is 0 Å². The van der Waals surface area contributed by atoms with Crippen molar-refractivity contribution in [3.63, 3.8) is 0 Å². The Balaban J connectivity index is 1.83. The van der Waals surface area contributed by atoms with Crippen LogP contribution in [0, 0.1) is 12.7 Å². The maximum absolute atomic E-state index is 13.4. The van der Waals surface area contributed by atoms with Gasteiger partial charge in [0.15, 0.2) is 0 Å². The molecule has 2 heterocycles. The second-order valence-corrected chi connectivity index (χ2v) is 9.19. The zero-order valence-electron chi connectivity index (χ0n) is 15.8. The molecule has 1 N–H and O–H groups in total. The number of hydrogen-bond acceptors (Lipinski definition) is 4. The van der Waals surface area contributed by atoms with Crippen LogP contribution in [0.4, 0.5) is 15.8 Å². The zero-order valence-corrected chi connectivity index (χ0v) is 16.6. The summed E-state index contributed by atoms with van der Waals surface area (Å²) in [4.78, 5) is 4.63. The van der Waals surface area contributed by atoms with E-state index in [1.165, 1.54) is 20.7 Å². The minimum atomic E-state index is -3.43. The first-order valence-corrected chi connectivity index (χ1v) is 10.3. The molecule has 1 aliphatic rings. The van der Waals surface area contributed by atoms with Gasteiger partial charge in [-0.3, -0.25) is 4.98 Å². The number of aryl methyl sites for hydroxylation is 1. The van der Waals surface area contributed by atoms with E-state index in [0.29, 0.717) is 18.8 Å². The molecule has 1 aliphatic heterocycles. The first-order valence-electron chi connectivity index (χ1n) is 8.94. The number of nitrogens with zero attached hydrogens (tertiary/aromatic N) is 3. The van der Waals surface area contributed by atoms with Crippen molar-refractivity contribution in [2.75, 3.05) is 32.5 Å². The summed E-state index contributed by atoms with van der Waals surface area (Å²) in [6.07, 6.45) is 1.68. The minimum absolute atomic E-state index is 0.0291. The van der Waals surface area contributed by atoms with Gasteiger partial charge in [0.25, 0.3) is 10.2 Å². The number of halogens is 1. The van der Waals surface area contributed by atoms with Gasteiger partial charge in [0, 0.05) is 55.9 Å². The number of rotatable bonds is 5. The van der Waals surface area contributed by atoms with Crippen LogP contribution in [0.15, 0.2) is 36.4 Å². The Labute approximate surface area is 160 Å². The van der Waals surface area contributed by atoms with Crippen molar-refractivity contribution in [1.29, 1.82) is 0 Å². The molecular weight excluding hydrogens is 367 g/mol. The summed E-state index contributed by atoms with van der Waals surface area (Å²) in [6.45, 7) is 2.84. The van der Waals surface area contributed by atoms with Crippen LogP contribution >= 0.6 is 0 Å². The van der Waals surface area contributed by atoms with E-state index < -0.39 is 10.2 Å². The fraction of sp³-hybridized carbons (Fsp3) is 0.421. The molecule has 27 heavy (non-hydrogen) atoms. The Morgan fingerprint density at radius 1 is 1.22 bits per heavy atom. The Hall–Kier alpha value is -2.03. The Bertz CT molecular complexity index is 918. The Kier molecular flexibility index (Phi) is 5.78. The van der Waals surface area contributed by atoms with Gasteiger partial charge in [-0.05, 0) is 50.1 Å². The molecule has 6 nitrogen and oxygen atoms in total. The highest BCUT2D eigenvalue weighted by atomic mass is 32.2. The van der Waals surface area contributed by atoms with Crippen LogP contribution in [0.5, 0.6) is 0 Å². The molecule has 2 aromatic rings. The molecule has 146 valence electrons. The van der Waals surface area contributed by atoms with Gasteiger partial charge in [-0.25, -0.2) is 4.39 Å². The lowest BCUT2D eigenvalue weighted by Gasteiger charge is -2.33. The van der Waals surface area contributed by atoms with Crippen molar-refractivity contribution in [2.45, 2.75) is 25.7 Å². The van der Waals surface area contributed by atoms with Gasteiger partial charge in [0.2, 0.25) is 0 Å². The standard InChI is InChI=1S/C19H25FN4O2S/c1-14-10-18(22-17-8-4-7-16(20)11-17)12-19(21-14)15-6-5-9-24(13-15)27(25,26)23(2)3/h4,7-8,10-12,15H,5-6,9,13H2,1-3H3,(H,21,22)/t15-/m0/s1. The Morgan fingerprint density at radius 2 is 2.00 bits per heavy atom. The lowest BCUT2D eigenvalue weighted by molar-refractivity contribution is 0.296. The molecule has 0 unspecified atom stereocenters. The van der Waals surface area contributed by atoms with Gasteiger partial charge in [0.1, 0.15) is 5.82 Å². The number of hydrogen-bond donors (Lipinski definition) is 1. The molecule has 1 atom stereocenters. The van der Waals surface area contributed by atoms with E-state index >= 15 is 0 Å². The second-order valence-electron chi connectivity index (χ2n) is 7.04. The third kappa shape index (κ3) is 4.63. The molecule has 1 saturated heterocycles. The van der Waals surface area contributed by atoms with E-state index in [2.05, 4.69) is 10.3 Å². The molecular formula is C19H25FN4O2S. The van der Waals surface area contributed by atoms with Gasteiger partial charge in [0.05, 0.1) is 0 Å². The molecule has 0 saturated carbocycles. The molecule has 0 spiro atoms. The highest BCUT2D eigenvalue weighted by molar-refractivity contribution is 7.86. The van der Waals surface area contributed by atoms with Gasteiger partial charge >= 0.3 is 0 Å². The molecule has 0 bridgehead atoms. The SMILES string of the molecule is Cc1cc(Nc2cccc(F)c2)cc([C@H]2CCCN(S(=O)(=O)N(C)C)C2)n1. The lowest BCUT2D eigenvalue weighted by atomic mass is 9.95. The summed E-state index contributed by atoms with van der Waals surface area (Å²) in [6, 6.07) is 10.1. The van der Waals surface area contributed by atoms with Crippen molar-refractivity contribution in [1.82, 2.24) is 13.6 Å². The fourth-order valence-electron chi connectivity index (χ4n) is 3.33. The van der Waals surface area contributed by atoms with Gasteiger partial charge in [-0.1, -0.05) is 6.07 Å². The van der Waals surface area contributed by atoms with Crippen LogP contribution in [-0.2, 0) is 10.2 Å². The quantitative estimate of drug-likeness (QED) is 0.848. The number of benzene rings is 1. The number of piperidine rings is 1. The molecule has 1 aromatic carbocycles. The van der Waals surface area contributed by atoms with Crippen molar-refractivity contribution in [3.8, 4) is 0 Å². The summed E-state index contributed by atoms with van der Waals surface area (Å²) in [5.41, 5.74) is 3.16. The predicted octanol–water partition coefficient (Wildman–Crippen LogP) is 3.26. The average molecular weight is 393 g/mol. The number of aromatic nitrogens is 1. The summed E-state index contributed by atoms with van der Waals surface area (Å²) in [5, 5.41) is 3.20. The zero-order chi connectivity index (χ0) is 19.6. The van der Waals surface area contributed by atoms with E-state index in [4.69, 9.17) is 0 Å². The molecule has 0 amide bonds. The normalized spacial score (nSPS) is 18.6. The van der Waals surface area contributed by atoms with Crippen molar-refractivity contribution < 1.29 is 12.8 Å². The molecule has 0 radical (unpaired) electrons. The van der Waals surface area contributed by atoms with Crippen LogP contribution in [-0.4, -0.2) is 49.2 Å². The number of anilines is 2. The van der Waals surface area contributed by atoms with E-state index in [1.54, 1.807) is 26.2 Å². The molecule has 1 aromatic heterocycles. The van der Waals surface area contributed by atoms with Crippen LogP contribution in [0.2, 0.25) is 0 Å². The van der Waals surface area contributed by atoms with E-state index in [0.717, 1.165) is 29.9 Å². The highest BCUT2D eigenvalue weighted by Crippen LogP contribution is 2.30. The van der Waals surface area contributed by atoms with Crippen molar-refractivity contribution in [3.05, 3.63) is 53.6 Å². The third-order valence-electron chi connectivity index (χ3n) is 4.68. The first kappa shape index (κ1) is 19.7. The maximum atomic E-state index is 13.4. The van der Waals surface area contributed by atoms with Gasteiger partial charge < -0.3 is 5.32 Å². The topological polar surface area (TPSA) is 65.5 Å². The van der Waals surface area contributed by atoms with E-state index in [1.807, 2.05) is 19.1 Å². The number of nitrogens with one attached hydrogen (secondary N) is 1.